The minimum absolute atomic E-state index is 0.0381. The number of carbonyl (C=O) groups excluding carboxylic acids is 1. The number of thiazole rings is 1. The van der Waals surface area contributed by atoms with E-state index in [2.05, 4.69) is 9.72 Å². The summed E-state index contributed by atoms with van der Waals surface area (Å²) in [5, 5.41) is 10.8. The summed E-state index contributed by atoms with van der Waals surface area (Å²) in [5.41, 5.74) is 0.564. The van der Waals surface area contributed by atoms with Crippen LogP contribution in [0.3, 0.4) is 0 Å². The number of aromatic nitrogens is 2. The first kappa shape index (κ1) is 11.6. The number of fused-ring (bicyclic) bond motifs is 1. The second-order valence-electron chi connectivity index (χ2n) is 3.44. The Kier molecular flexibility index (Phi) is 3.10. The molecule has 2 aromatic rings. The average Bonchev–Trinajstić information content (AvgIpc) is 2.84. The number of rotatable bonds is 4. The predicted molar refractivity (Wildman–Crippen MR) is 59.9 cm³/mol. The van der Waals surface area contributed by atoms with E-state index < -0.39 is 17.9 Å². The van der Waals surface area contributed by atoms with Gasteiger partial charge < -0.3 is 9.84 Å². The molecule has 17 heavy (non-hydrogen) atoms. The van der Waals surface area contributed by atoms with Crippen molar-refractivity contribution in [3.05, 3.63) is 23.5 Å². The quantitative estimate of drug-likeness (QED) is 0.645. The van der Waals surface area contributed by atoms with Gasteiger partial charge in [0.05, 0.1) is 12.8 Å². The highest BCUT2D eigenvalue weighted by molar-refractivity contribution is 7.15. The first-order chi connectivity index (χ1) is 8.11. The molecule has 0 aliphatic heterocycles. The Labute approximate surface area is 100 Å². The van der Waals surface area contributed by atoms with Crippen LogP contribution in [0.25, 0.3) is 4.96 Å². The lowest BCUT2D eigenvalue weighted by molar-refractivity contribution is -0.156. The zero-order chi connectivity index (χ0) is 12.4. The van der Waals surface area contributed by atoms with E-state index in [1.54, 1.807) is 10.6 Å². The Hall–Kier alpha value is -1.89. The Morgan fingerprint density at radius 3 is 3.00 bits per heavy atom. The maximum atomic E-state index is 11.3. The number of carboxylic acid groups (broad SMARTS) is 1. The van der Waals surface area contributed by atoms with Crippen LogP contribution >= 0.6 is 11.3 Å². The number of carboxylic acids is 1. The van der Waals surface area contributed by atoms with Crippen LogP contribution in [0.15, 0.2) is 17.8 Å². The molecule has 6 nitrogen and oxygen atoms in total. The second-order valence-corrected chi connectivity index (χ2v) is 4.32. The molecule has 2 aromatic heterocycles. The largest absolute Gasteiger partial charge is 0.481 e. The van der Waals surface area contributed by atoms with Crippen molar-refractivity contribution in [2.75, 3.05) is 7.11 Å². The molecule has 0 saturated carbocycles. The van der Waals surface area contributed by atoms with Crippen LogP contribution < -0.4 is 0 Å². The molecule has 0 radical (unpaired) electrons. The maximum Gasteiger partial charge on any atom is 0.320 e. The lowest BCUT2D eigenvalue weighted by Gasteiger charge is -2.07. The molecule has 0 aromatic carbocycles. The molecule has 0 aliphatic carbocycles. The van der Waals surface area contributed by atoms with Gasteiger partial charge >= 0.3 is 11.9 Å². The third kappa shape index (κ3) is 2.28. The van der Waals surface area contributed by atoms with E-state index in [1.165, 1.54) is 18.4 Å². The van der Waals surface area contributed by atoms with E-state index >= 15 is 0 Å². The fourth-order valence-electron chi connectivity index (χ4n) is 1.50. The average molecular weight is 254 g/mol. The highest BCUT2D eigenvalue weighted by Gasteiger charge is 2.28. The van der Waals surface area contributed by atoms with Crippen LogP contribution in [0.2, 0.25) is 0 Å². The summed E-state index contributed by atoms with van der Waals surface area (Å²) in [4.78, 5) is 27.2. The number of methoxy groups -OCH3 is 1. The molecule has 0 spiro atoms. The van der Waals surface area contributed by atoms with Gasteiger partial charge in [-0.3, -0.25) is 14.0 Å². The van der Waals surface area contributed by atoms with Crippen LogP contribution in [0.4, 0.5) is 0 Å². The van der Waals surface area contributed by atoms with Crippen molar-refractivity contribution in [2.45, 2.75) is 6.42 Å². The van der Waals surface area contributed by atoms with Gasteiger partial charge in [0, 0.05) is 24.2 Å². The van der Waals surface area contributed by atoms with Crippen LogP contribution in [0.1, 0.15) is 5.69 Å². The van der Waals surface area contributed by atoms with Crippen molar-refractivity contribution >= 4 is 28.2 Å². The molecule has 90 valence electrons. The molecular weight excluding hydrogens is 244 g/mol. The van der Waals surface area contributed by atoms with Crippen molar-refractivity contribution < 1.29 is 19.4 Å². The van der Waals surface area contributed by atoms with Gasteiger partial charge in [0.25, 0.3) is 0 Å². The van der Waals surface area contributed by atoms with Gasteiger partial charge in [-0.1, -0.05) is 0 Å². The van der Waals surface area contributed by atoms with Gasteiger partial charge in [0.2, 0.25) is 0 Å². The number of nitrogens with zero attached hydrogens (tertiary/aromatic N) is 2. The smallest absolute Gasteiger partial charge is 0.320 e. The fourth-order valence-corrected chi connectivity index (χ4v) is 2.22. The number of esters is 1. The Balaban J connectivity index is 2.20. The summed E-state index contributed by atoms with van der Waals surface area (Å²) in [6, 6.07) is 0. The predicted octanol–water partition coefficient (Wildman–Crippen LogP) is 0.812. The van der Waals surface area contributed by atoms with Crippen molar-refractivity contribution in [1.29, 1.82) is 0 Å². The van der Waals surface area contributed by atoms with E-state index in [4.69, 9.17) is 5.11 Å². The minimum Gasteiger partial charge on any atom is -0.481 e. The normalized spacial score (nSPS) is 12.5. The monoisotopic (exact) mass is 254 g/mol. The third-order valence-corrected chi connectivity index (χ3v) is 3.11. The zero-order valence-electron chi connectivity index (χ0n) is 8.99. The van der Waals surface area contributed by atoms with E-state index in [9.17, 15) is 9.59 Å². The molecular formula is C10H10N2O4S. The third-order valence-electron chi connectivity index (χ3n) is 2.34. The van der Waals surface area contributed by atoms with Gasteiger partial charge in [0.15, 0.2) is 10.9 Å². The van der Waals surface area contributed by atoms with Crippen LogP contribution in [-0.4, -0.2) is 33.5 Å². The summed E-state index contributed by atoms with van der Waals surface area (Å²) in [7, 11) is 1.17. The summed E-state index contributed by atoms with van der Waals surface area (Å²) >= 11 is 1.45. The Morgan fingerprint density at radius 2 is 2.41 bits per heavy atom. The number of ether oxygens (including phenoxy) is 1. The van der Waals surface area contributed by atoms with Crippen molar-refractivity contribution in [2.24, 2.45) is 5.92 Å². The second kappa shape index (κ2) is 4.54. The standard InChI is InChI=1S/C10H10N2O4S/c1-16-9(15)7(8(13)14)4-6-5-12-2-3-17-10(12)11-6/h2-3,5,7H,4H2,1H3,(H,13,14). The lowest BCUT2D eigenvalue weighted by atomic mass is 10.0. The summed E-state index contributed by atoms with van der Waals surface area (Å²) in [5.74, 6) is -3.16. The Morgan fingerprint density at radius 1 is 1.65 bits per heavy atom. The fraction of sp³-hybridized carbons (Fsp3) is 0.300. The molecule has 0 bridgehead atoms. The molecule has 2 rings (SSSR count). The van der Waals surface area contributed by atoms with Gasteiger partial charge in [0.1, 0.15) is 0 Å². The van der Waals surface area contributed by atoms with E-state index in [-0.39, 0.29) is 6.42 Å². The maximum absolute atomic E-state index is 11.3. The summed E-state index contributed by atoms with van der Waals surface area (Å²) < 4.78 is 6.24. The minimum atomic E-state index is -1.20. The van der Waals surface area contributed by atoms with Crippen LogP contribution in [0.5, 0.6) is 0 Å². The molecule has 7 heteroatoms. The first-order valence-corrected chi connectivity index (χ1v) is 5.71. The number of hydrogen-bond donors (Lipinski definition) is 1. The van der Waals surface area contributed by atoms with E-state index in [0.29, 0.717) is 5.69 Å². The van der Waals surface area contributed by atoms with Crippen molar-refractivity contribution in [1.82, 2.24) is 9.38 Å². The molecule has 1 unspecified atom stereocenters. The topological polar surface area (TPSA) is 80.9 Å². The van der Waals surface area contributed by atoms with E-state index in [0.717, 1.165) is 4.96 Å². The Bertz CT molecular complexity index is 531. The summed E-state index contributed by atoms with van der Waals surface area (Å²) in [6.45, 7) is 0. The first-order valence-electron chi connectivity index (χ1n) is 4.83. The number of carbonyl (C=O) groups is 2. The molecule has 0 saturated heterocycles. The summed E-state index contributed by atoms with van der Waals surface area (Å²) in [6.07, 6.45) is 3.57. The van der Waals surface area contributed by atoms with Gasteiger partial charge in [-0.2, -0.15) is 0 Å². The molecule has 1 atom stereocenters. The molecule has 2 heterocycles. The van der Waals surface area contributed by atoms with Gasteiger partial charge in [-0.05, 0) is 0 Å². The van der Waals surface area contributed by atoms with Crippen molar-refractivity contribution in [3.8, 4) is 0 Å². The van der Waals surface area contributed by atoms with Crippen molar-refractivity contribution in [3.63, 3.8) is 0 Å². The van der Waals surface area contributed by atoms with Crippen LogP contribution in [0, 0.1) is 5.92 Å². The lowest BCUT2D eigenvalue weighted by Crippen LogP contribution is -2.27. The van der Waals surface area contributed by atoms with Gasteiger partial charge in [-0.15, -0.1) is 11.3 Å². The highest BCUT2D eigenvalue weighted by Crippen LogP contribution is 2.15. The SMILES string of the molecule is COC(=O)C(Cc1cn2ccsc2n1)C(=O)O. The molecule has 0 fully saturated rings. The molecule has 1 N–H and O–H groups in total. The van der Waals surface area contributed by atoms with Gasteiger partial charge in [-0.25, -0.2) is 4.98 Å². The number of imidazole rings is 1. The number of hydrogen-bond acceptors (Lipinski definition) is 5. The highest BCUT2D eigenvalue weighted by atomic mass is 32.1. The molecule has 0 amide bonds. The molecule has 0 aliphatic rings. The zero-order valence-corrected chi connectivity index (χ0v) is 9.81. The number of aliphatic carboxylic acids is 1. The van der Waals surface area contributed by atoms with Crippen LogP contribution in [-0.2, 0) is 20.7 Å². The van der Waals surface area contributed by atoms with E-state index in [1.807, 2.05) is 11.6 Å².